The van der Waals surface area contributed by atoms with Gasteiger partial charge in [-0.15, -0.1) is 0 Å². The molecular weight excluding hydrogens is 312 g/mol. The Morgan fingerprint density at radius 2 is 1.12 bits per heavy atom. The first-order valence-electron chi connectivity index (χ1n) is 12.4. The third-order valence-corrected chi connectivity index (χ3v) is 5.99. The first kappa shape index (κ1) is 25.7. The van der Waals surface area contributed by atoms with E-state index in [0.29, 0.717) is 0 Å². The second-order valence-corrected chi connectivity index (χ2v) is 8.78. The molecule has 0 aromatic heterocycles. The fourth-order valence-corrected chi connectivity index (χ4v) is 4.07. The summed E-state index contributed by atoms with van der Waals surface area (Å²) in [6.45, 7) is 9.48. The average Bonchev–Trinajstić information content (AvgIpc) is 2.65. The summed E-state index contributed by atoms with van der Waals surface area (Å²) in [5, 5.41) is 0. The maximum absolute atomic E-state index is 2.48. The van der Waals surface area contributed by atoms with Crippen molar-refractivity contribution in [3.8, 4) is 0 Å². The van der Waals surface area contributed by atoms with E-state index in [-0.39, 0.29) is 0 Å². The normalized spacial score (nSPS) is 14.2. The molecule has 0 N–H and O–H groups in total. The van der Waals surface area contributed by atoms with Crippen LogP contribution in [0.3, 0.4) is 0 Å². The molecule has 0 amide bonds. The van der Waals surface area contributed by atoms with E-state index < -0.39 is 0 Å². The van der Waals surface area contributed by atoms with E-state index in [2.05, 4.69) is 39.8 Å². The molecule has 0 spiro atoms. The van der Waals surface area contributed by atoms with Gasteiger partial charge in [0.25, 0.3) is 0 Å². The smallest absolute Gasteiger partial charge is 0.0351 e. The van der Waals surface area contributed by atoms with Crippen molar-refractivity contribution in [2.24, 2.45) is 11.8 Å². The van der Waals surface area contributed by atoms with Crippen LogP contribution in [0.1, 0.15) is 143 Å². The van der Waals surface area contributed by atoms with Gasteiger partial charge in [0.05, 0.1) is 0 Å². The molecule has 0 aromatic carbocycles. The van der Waals surface area contributed by atoms with Crippen LogP contribution in [0.15, 0.2) is 12.2 Å². The van der Waals surface area contributed by atoms with Crippen LogP contribution in [0.25, 0.3) is 0 Å². The van der Waals surface area contributed by atoms with Gasteiger partial charge in [-0.3, -0.25) is 0 Å². The van der Waals surface area contributed by atoms with Gasteiger partial charge in [-0.25, -0.2) is 0 Å². The van der Waals surface area contributed by atoms with Gasteiger partial charge in [-0.05, 0) is 43.9 Å². The van der Waals surface area contributed by atoms with Gasteiger partial charge in [-0.2, -0.15) is 0 Å². The summed E-state index contributed by atoms with van der Waals surface area (Å²) in [5.74, 6) is 1.90. The van der Waals surface area contributed by atoms with Crippen molar-refractivity contribution in [1.82, 2.24) is 0 Å². The highest BCUT2D eigenvalue weighted by Gasteiger charge is 2.11. The molecule has 0 radical (unpaired) electrons. The Balaban J connectivity index is 3.49. The largest absolute Gasteiger partial charge is 0.0885 e. The van der Waals surface area contributed by atoms with Crippen LogP contribution in [0.4, 0.5) is 0 Å². The van der Waals surface area contributed by atoms with Crippen molar-refractivity contribution in [2.45, 2.75) is 143 Å². The lowest BCUT2D eigenvalue weighted by Gasteiger charge is -2.19. The van der Waals surface area contributed by atoms with Gasteiger partial charge in [0.15, 0.2) is 0 Å². The van der Waals surface area contributed by atoms with Gasteiger partial charge in [0, 0.05) is 0 Å². The summed E-state index contributed by atoms with van der Waals surface area (Å²) in [6, 6.07) is 0. The first-order chi connectivity index (χ1) is 12.7. The van der Waals surface area contributed by atoms with Crippen LogP contribution in [-0.2, 0) is 0 Å². The predicted molar refractivity (Wildman–Crippen MR) is 122 cm³/mol. The zero-order valence-corrected chi connectivity index (χ0v) is 19.0. The fourth-order valence-electron chi connectivity index (χ4n) is 4.07. The lowest BCUT2D eigenvalue weighted by molar-refractivity contribution is 0.333. The highest BCUT2D eigenvalue weighted by atomic mass is 14.2. The fraction of sp³-hybridized carbons (Fsp3) is 0.923. The molecule has 0 heteroatoms. The van der Waals surface area contributed by atoms with E-state index in [9.17, 15) is 0 Å². The summed E-state index contributed by atoms with van der Waals surface area (Å²) in [4.78, 5) is 0. The van der Waals surface area contributed by atoms with Crippen molar-refractivity contribution >= 4 is 0 Å². The quantitative estimate of drug-likeness (QED) is 0.149. The molecule has 0 fully saturated rings. The van der Waals surface area contributed by atoms with Crippen LogP contribution in [0, 0.1) is 11.8 Å². The van der Waals surface area contributed by atoms with Crippen molar-refractivity contribution in [3.05, 3.63) is 12.2 Å². The van der Waals surface area contributed by atoms with E-state index in [1.165, 1.54) is 116 Å². The minimum atomic E-state index is 0.919. The van der Waals surface area contributed by atoms with Crippen molar-refractivity contribution in [2.75, 3.05) is 0 Å². The molecule has 0 aromatic rings. The molecule has 0 bridgehead atoms. The van der Waals surface area contributed by atoms with Crippen LogP contribution in [0.2, 0.25) is 0 Å². The Hall–Kier alpha value is -0.260. The number of hydrogen-bond acceptors (Lipinski definition) is 0. The zero-order chi connectivity index (χ0) is 19.3. The van der Waals surface area contributed by atoms with Crippen molar-refractivity contribution in [3.63, 3.8) is 0 Å². The molecule has 2 atom stereocenters. The standard InChI is InChI=1S/C26H52/c1-5-8-10-12-13-14-15-16-17-18-19-20-22-25(4)24-26(7-3)23-21-11-9-6-2/h17-18,25-26H,5-16,19-24H2,1-4H3/b18-17+. The molecule has 0 heterocycles. The highest BCUT2D eigenvalue weighted by molar-refractivity contribution is 4.81. The Morgan fingerprint density at radius 1 is 0.577 bits per heavy atom. The Bertz CT molecular complexity index is 278. The van der Waals surface area contributed by atoms with Crippen LogP contribution in [0.5, 0.6) is 0 Å². The maximum Gasteiger partial charge on any atom is -0.0351 e. The number of allylic oxidation sites excluding steroid dienone is 2. The Kier molecular flexibility index (Phi) is 20.8. The predicted octanol–water partition coefficient (Wildman–Crippen LogP) is 9.88. The molecule has 26 heavy (non-hydrogen) atoms. The lowest BCUT2D eigenvalue weighted by atomic mass is 9.87. The SMILES string of the molecule is CCCCCCCCC/C=C/CCCC(C)CC(CC)CCCCCC. The van der Waals surface area contributed by atoms with Crippen molar-refractivity contribution in [1.29, 1.82) is 0 Å². The van der Waals surface area contributed by atoms with Crippen LogP contribution in [-0.4, -0.2) is 0 Å². The number of hydrogen-bond donors (Lipinski definition) is 0. The average molecular weight is 365 g/mol. The molecule has 156 valence electrons. The topological polar surface area (TPSA) is 0 Å². The molecular formula is C26H52. The summed E-state index contributed by atoms with van der Waals surface area (Å²) < 4.78 is 0. The van der Waals surface area contributed by atoms with E-state index in [1.807, 2.05) is 0 Å². The van der Waals surface area contributed by atoms with E-state index >= 15 is 0 Å². The van der Waals surface area contributed by atoms with Gasteiger partial charge in [-0.1, -0.05) is 123 Å². The van der Waals surface area contributed by atoms with Gasteiger partial charge < -0.3 is 0 Å². The molecule has 0 nitrogen and oxygen atoms in total. The summed E-state index contributed by atoms with van der Waals surface area (Å²) in [6.07, 6.45) is 30.3. The van der Waals surface area contributed by atoms with E-state index in [0.717, 1.165) is 11.8 Å². The molecule has 0 aliphatic heterocycles. The molecule has 0 saturated heterocycles. The number of rotatable bonds is 20. The first-order valence-corrected chi connectivity index (χ1v) is 12.4. The second kappa shape index (κ2) is 21.0. The van der Waals surface area contributed by atoms with Gasteiger partial charge in [0.2, 0.25) is 0 Å². The molecule has 0 aliphatic rings. The van der Waals surface area contributed by atoms with Gasteiger partial charge >= 0.3 is 0 Å². The molecule has 0 rings (SSSR count). The highest BCUT2D eigenvalue weighted by Crippen LogP contribution is 2.25. The van der Waals surface area contributed by atoms with E-state index in [4.69, 9.17) is 0 Å². The van der Waals surface area contributed by atoms with Crippen LogP contribution >= 0.6 is 0 Å². The maximum atomic E-state index is 2.48. The summed E-state index contributed by atoms with van der Waals surface area (Å²) >= 11 is 0. The number of unbranched alkanes of at least 4 members (excludes halogenated alkanes) is 11. The third kappa shape index (κ3) is 18.5. The molecule has 2 unspecified atom stereocenters. The molecule has 0 aliphatic carbocycles. The second-order valence-electron chi connectivity index (χ2n) is 8.78. The van der Waals surface area contributed by atoms with E-state index in [1.54, 1.807) is 0 Å². The zero-order valence-electron chi connectivity index (χ0n) is 19.0. The van der Waals surface area contributed by atoms with Gasteiger partial charge in [0.1, 0.15) is 0 Å². The monoisotopic (exact) mass is 364 g/mol. The lowest BCUT2D eigenvalue weighted by Crippen LogP contribution is -2.06. The van der Waals surface area contributed by atoms with Crippen molar-refractivity contribution < 1.29 is 0 Å². The summed E-state index contributed by atoms with van der Waals surface area (Å²) in [5.41, 5.74) is 0. The Morgan fingerprint density at radius 3 is 1.73 bits per heavy atom. The summed E-state index contributed by atoms with van der Waals surface area (Å²) in [7, 11) is 0. The third-order valence-electron chi connectivity index (χ3n) is 5.99. The minimum absolute atomic E-state index is 0.919. The van der Waals surface area contributed by atoms with Crippen LogP contribution < -0.4 is 0 Å². The minimum Gasteiger partial charge on any atom is -0.0885 e. The molecule has 0 saturated carbocycles. The Labute approximate surface area is 167 Å².